The topological polar surface area (TPSA) is 58.6 Å². The predicted octanol–water partition coefficient (Wildman–Crippen LogP) is 2.00. The summed E-state index contributed by atoms with van der Waals surface area (Å²) in [7, 11) is 0. The van der Waals surface area contributed by atoms with Gasteiger partial charge in [0.05, 0.1) is 17.2 Å². The second-order valence-electron chi connectivity index (χ2n) is 5.16. The summed E-state index contributed by atoms with van der Waals surface area (Å²) in [5, 5.41) is 12.8. The highest BCUT2D eigenvalue weighted by Crippen LogP contribution is 2.26. The Bertz CT molecular complexity index is 472. The number of phenolic OH excluding ortho intramolecular Hbond substituents is 1. The monoisotopic (exact) mass is 249 g/mol. The predicted molar refractivity (Wildman–Crippen MR) is 68.7 cm³/mol. The van der Waals surface area contributed by atoms with Crippen LogP contribution in [-0.4, -0.2) is 29.3 Å². The molecule has 98 valence electrons. The van der Waals surface area contributed by atoms with Crippen LogP contribution in [0, 0.1) is 6.92 Å². The first-order valence-corrected chi connectivity index (χ1v) is 6.16. The lowest BCUT2D eigenvalue weighted by atomic mass is 9.94. The van der Waals surface area contributed by atoms with E-state index in [0.717, 1.165) is 12.0 Å². The molecule has 1 fully saturated rings. The molecule has 18 heavy (non-hydrogen) atoms. The fraction of sp³-hybridized carbons (Fsp3) is 0.500. The number of aromatic hydroxyl groups is 1. The van der Waals surface area contributed by atoms with Gasteiger partial charge in [0, 0.05) is 6.61 Å². The van der Waals surface area contributed by atoms with E-state index in [9.17, 15) is 9.90 Å². The molecular formula is C14H19NO3. The summed E-state index contributed by atoms with van der Waals surface area (Å²) < 4.78 is 5.48. The minimum atomic E-state index is -0.367. The van der Waals surface area contributed by atoms with Gasteiger partial charge in [0.15, 0.2) is 0 Å². The molecule has 2 unspecified atom stereocenters. The molecular weight excluding hydrogens is 230 g/mol. The van der Waals surface area contributed by atoms with E-state index in [0.29, 0.717) is 12.2 Å². The highest BCUT2D eigenvalue weighted by atomic mass is 16.5. The first kappa shape index (κ1) is 12.9. The second-order valence-corrected chi connectivity index (χ2v) is 5.16. The van der Waals surface area contributed by atoms with E-state index in [-0.39, 0.29) is 23.3 Å². The normalized spacial score (nSPS) is 27.2. The van der Waals surface area contributed by atoms with Gasteiger partial charge < -0.3 is 15.2 Å². The number of carbonyl (C=O) groups is 1. The van der Waals surface area contributed by atoms with E-state index in [1.807, 2.05) is 26.8 Å². The number of hydrogen-bond acceptors (Lipinski definition) is 3. The first-order valence-electron chi connectivity index (χ1n) is 6.16. The van der Waals surface area contributed by atoms with Crippen molar-refractivity contribution in [2.75, 3.05) is 6.61 Å². The fourth-order valence-electron chi connectivity index (χ4n) is 2.16. The Kier molecular flexibility index (Phi) is 3.30. The number of ether oxygens (including phenoxy) is 1. The molecule has 0 aromatic heterocycles. The van der Waals surface area contributed by atoms with Crippen LogP contribution < -0.4 is 5.32 Å². The molecule has 0 spiro atoms. The van der Waals surface area contributed by atoms with Gasteiger partial charge in [-0.05, 0) is 44.9 Å². The number of benzene rings is 1. The lowest BCUT2D eigenvalue weighted by Gasteiger charge is -2.29. The molecule has 1 saturated heterocycles. The molecule has 1 aliphatic rings. The third kappa shape index (κ3) is 2.34. The van der Waals surface area contributed by atoms with Gasteiger partial charge in [-0.1, -0.05) is 6.07 Å². The summed E-state index contributed by atoms with van der Waals surface area (Å²) >= 11 is 0. The van der Waals surface area contributed by atoms with Gasteiger partial charge >= 0.3 is 0 Å². The molecule has 4 heteroatoms. The summed E-state index contributed by atoms with van der Waals surface area (Å²) in [6, 6.07) is 5.04. The van der Waals surface area contributed by atoms with E-state index in [4.69, 9.17) is 4.74 Å². The minimum Gasteiger partial charge on any atom is -0.507 e. The molecule has 0 bridgehead atoms. The zero-order valence-electron chi connectivity index (χ0n) is 11.0. The van der Waals surface area contributed by atoms with Crippen LogP contribution in [0.1, 0.15) is 36.2 Å². The maximum absolute atomic E-state index is 12.2. The number of phenols is 1. The summed E-state index contributed by atoms with van der Waals surface area (Å²) in [5.74, 6) is -0.241. The summed E-state index contributed by atoms with van der Waals surface area (Å²) in [4.78, 5) is 12.2. The number of carbonyl (C=O) groups excluding carboxylic acids is 1. The van der Waals surface area contributed by atoms with Crippen LogP contribution in [0.2, 0.25) is 0 Å². The van der Waals surface area contributed by atoms with Gasteiger partial charge in [0.2, 0.25) is 0 Å². The van der Waals surface area contributed by atoms with E-state index in [1.165, 1.54) is 0 Å². The van der Waals surface area contributed by atoms with Gasteiger partial charge in [0.1, 0.15) is 5.75 Å². The lowest BCUT2D eigenvalue weighted by Crippen LogP contribution is -2.50. The average Bonchev–Trinajstić information content (AvgIpc) is 2.58. The van der Waals surface area contributed by atoms with E-state index in [2.05, 4.69) is 5.32 Å². The molecule has 2 N–H and O–H groups in total. The van der Waals surface area contributed by atoms with Gasteiger partial charge in [-0.3, -0.25) is 4.79 Å². The van der Waals surface area contributed by atoms with Gasteiger partial charge in [-0.15, -0.1) is 0 Å². The Balaban J connectivity index is 2.17. The van der Waals surface area contributed by atoms with Crippen LogP contribution in [-0.2, 0) is 4.74 Å². The van der Waals surface area contributed by atoms with Crippen LogP contribution in [0.4, 0.5) is 0 Å². The largest absolute Gasteiger partial charge is 0.507 e. The molecule has 0 radical (unpaired) electrons. The van der Waals surface area contributed by atoms with Crippen LogP contribution in [0.25, 0.3) is 0 Å². The average molecular weight is 249 g/mol. The van der Waals surface area contributed by atoms with Crippen molar-refractivity contribution in [1.82, 2.24) is 5.32 Å². The molecule has 0 aliphatic carbocycles. The number of amides is 1. The molecule has 1 amide bonds. The van der Waals surface area contributed by atoms with Crippen molar-refractivity contribution in [3.63, 3.8) is 0 Å². The Morgan fingerprint density at radius 1 is 1.56 bits per heavy atom. The molecule has 1 aliphatic heterocycles. The zero-order chi connectivity index (χ0) is 13.3. The summed E-state index contributed by atoms with van der Waals surface area (Å²) in [6.07, 6.45) is 0.765. The van der Waals surface area contributed by atoms with Gasteiger partial charge in [-0.25, -0.2) is 0 Å². The molecule has 1 aromatic rings. The van der Waals surface area contributed by atoms with Crippen LogP contribution in [0.3, 0.4) is 0 Å². The van der Waals surface area contributed by atoms with Crippen molar-refractivity contribution in [3.8, 4) is 5.75 Å². The van der Waals surface area contributed by atoms with Crippen LogP contribution in [0.5, 0.6) is 5.75 Å². The number of hydrogen-bond donors (Lipinski definition) is 2. The second kappa shape index (κ2) is 4.61. The molecule has 0 saturated carbocycles. The third-order valence-electron chi connectivity index (χ3n) is 3.68. The SMILES string of the molecule is Cc1ccc(C(=O)NC2(C)CCOC2C)c(O)c1. The molecule has 4 nitrogen and oxygen atoms in total. The smallest absolute Gasteiger partial charge is 0.255 e. The first-order chi connectivity index (χ1) is 8.42. The summed E-state index contributed by atoms with van der Waals surface area (Å²) in [5.41, 5.74) is 0.864. The van der Waals surface area contributed by atoms with Crippen LogP contribution in [0.15, 0.2) is 18.2 Å². The Labute approximate surface area is 107 Å². The van der Waals surface area contributed by atoms with Crippen molar-refractivity contribution in [3.05, 3.63) is 29.3 Å². The Hall–Kier alpha value is -1.55. The van der Waals surface area contributed by atoms with Gasteiger partial charge in [0.25, 0.3) is 5.91 Å². The summed E-state index contributed by atoms with van der Waals surface area (Å²) in [6.45, 7) is 6.43. The molecule has 1 aromatic carbocycles. The van der Waals surface area contributed by atoms with Crippen molar-refractivity contribution in [2.45, 2.75) is 38.8 Å². The van der Waals surface area contributed by atoms with Crippen molar-refractivity contribution >= 4 is 5.91 Å². The lowest BCUT2D eigenvalue weighted by molar-refractivity contribution is 0.0725. The van der Waals surface area contributed by atoms with Gasteiger partial charge in [-0.2, -0.15) is 0 Å². The van der Waals surface area contributed by atoms with Crippen LogP contribution >= 0.6 is 0 Å². The fourth-order valence-corrected chi connectivity index (χ4v) is 2.16. The van der Waals surface area contributed by atoms with Crippen molar-refractivity contribution in [1.29, 1.82) is 0 Å². The maximum Gasteiger partial charge on any atom is 0.255 e. The van der Waals surface area contributed by atoms with Crippen molar-refractivity contribution < 1.29 is 14.6 Å². The molecule has 1 heterocycles. The number of rotatable bonds is 2. The number of nitrogens with one attached hydrogen (secondary N) is 1. The van der Waals surface area contributed by atoms with E-state index >= 15 is 0 Å². The van der Waals surface area contributed by atoms with Crippen molar-refractivity contribution in [2.24, 2.45) is 0 Å². The van der Waals surface area contributed by atoms with E-state index in [1.54, 1.807) is 12.1 Å². The maximum atomic E-state index is 12.2. The molecule has 2 rings (SSSR count). The zero-order valence-corrected chi connectivity index (χ0v) is 11.0. The quantitative estimate of drug-likeness (QED) is 0.842. The Morgan fingerprint density at radius 2 is 2.28 bits per heavy atom. The standard InChI is InChI=1S/C14H19NO3/c1-9-4-5-11(12(16)8-9)13(17)15-14(3)6-7-18-10(14)2/h4-5,8,10,16H,6-7H2,1-3H3,(H,15,17). The van der Waals surface area contributed by atoms with E-state index < -0.39 is 0 Å². The highest BCUT2D eigenvalue weighted by molar-refractivity contribution is 5.97. The Morgan fingerprint density at radius 3 is 2.83 bits per heavy atom. The number of aryl methyl sites for hydroxylation is 1. The molecule has 2 atom stereocenters. The third-order valence-corrected chi connectivity index (χ3v) is 3.68. The highest BCUT2D eigenvalue weighted by Gasteiger charge is 2.38. The minimum absolute atomic E-state index is 0.0164.